The summed E-state index contributed by atoms with van der Waals surface area (Å²) in [4.78, 5) is 12.4. The third-order valence-electron chi connectivity index (χ3n) is 1.57. The zero-order valence-corrected chi connectivity index (χ0v) is 10.9. The fraction of sp³-hybridized carbons (Fsp3) is 0.125. The molecule has 0 saturated heterocycles. The molecule has 0 aromatic carbocycles. The third kappa shape index (κ3) is 2.42. The maximum absolute atomic E-state index is 11.7. The van der Waals surface area contributed by atoms with Gasteiger partial charge in [0.2, 0.25) is 5.13 Å². The molecule has 2 aromatic heterocycles. The van der Waals surface area contributed by atoms with Crippen LogP contribution in [0.1, 0.15) is 14.7 Å². The lowest BCUT2D eigenvalue weighted by atomic mass is 10.4. The summed E-state index contributed by atoms with van der Waals surface area (Å²) in [5.41, 5.74) is 0. The van der Waals surface area contributed by atoms with E-state index in [1.807, 2.05) is 18.4 Å². The lowest BCUT2D eigenvalue weighted by molar-refractivity contribution is 0.103. The maximum Gasteiger partial charge on any atom is 0.268 e. The Morgan fingerprint density at radius 1 is 1.53 bits per heavy atom. The SMILES string of the molecule is Cc1nnc(NC(=O)c2sccc2Br)s1. The predicted molar refractivity (Wildman–Crippen MR) is 64.6 cm³/mol. The third-order valence-corrected chi connectivity index (χ3v) is 4.16. The van der Waals surface area contributed by atoms with E-state index in [1.165, 1.54) is 22.7 Å². The molecular formula is C8H6BrN3OS2. The Hall–Kier alpha value is -0.790. The number of hydrogen-bond acceptors (Lipinski definition) is 5. The second-order valence-electron chi connectivity index (χ2n) is 2.68. The van der Waals surface area contributed by atoms with Crippen molar-refractivity contribution in [2.75, 3.05) is 5.32 Å². The van der Waals surface area contributed by atoms with E-state index in [0.29, 0.717) is 10.0 Å². The molecule has 2 rings (SSSR count). The quantitative estimate of drug-likeness (QED) is 0.928. The number of nitrogens with zero attached hydrogens (tertiary/aromatic N) is 2. The molecule has 0 saturated carbocycles. The summed E-state index contributed by atoms with van der Waals surface area (Å²) in [6.07, 6.45) is 0. The van der Waals surface area contributed by atoms with Gasteiger partial charge < -0.3 is 0 Å². The molecular weight excluding hydrogens is 298 g/mol. The van der Waals surface area contributed by atoms with Crippen LogP contribution >= 0.6 is 38.6 Å². The van der Waals surface area contributed by atoms with Gasteiger partial charge in [-0.05, 0) is 34.3 Å². The molecule has 1 N–H and O–H groups in total. The molecule has 0 aliphatic heterocycles. The number of carbonyl (C=O) groups is 1. The average molecular weight is 304 g/mol. The van der Waals surface area contributed by atoms with Crippen molar-refractivity contribution in [2.24, 2.45) is 0 Å². The first-order valence-corrected chi connectivity index (χ1v) is 6.50. The van der Waals surface area contributed by atoms with Gasteiger partial charge in [0.05, 0.1) is 0 Å². The van der Waals surface area contributed by atoms with Gasteiger partial charge in [0.25, 0.3) is 5.91 Å². The highest BCUT2D eigenvalue weighted by Gasteiger charge is 2.13. The summed E-state index contributed by atoms with van der Waals surface area (Å²) >= 11 is 6.04. The predicted octanol–water partition coefficient (Wildman–Crippen LogP) is 2.92. The van der Waals surface area contributed by atoms with Crippen LogP contribution in [-0.2, 0) is 0 Å². The Morgan fingerprint density at radius 3 is 2.87 bits per heavy atom. The maximum atomic E-state index is 11.7. The second-order valence-corrected chi connectivity index (χ2v) is 5.63. The molecule has 78 valence electrons. The van der Waals surface area contributed by atoms with Gasteiger partial charge >= 0.3 is 0 Å². The van der Waals surface area contributed by atoms with Crippen molar-refractivity contribution in [3.8, 4) is 0 Å². The van der Waals surface area contributed by atoms with Crippen LogP contribution in [0.5, 0.6) is 0 Å². The summed E-state index contributed by atoms with van der Waals surface area (Å²) in [7, 11) is 0. The lowest BCUT2D eigenvalue weighted by Gasteiger charge is -1.97. The largest absolute Gasteiger partial charge is 0.296 e. The summed E-state index contributed by atoms with van der Waals surface area (Å²) in [6, 6.07) is 1.84. The van der Waals surface area contributed by atoms with Gasteiger partial charge in [-0.1, -0.05) is 11.3 Å². The highest BCUT2D eigenvalue weighted by Crippen LogP contribution is 2.24. The van der Waals surface area contributed by atoms with E-state index >= 15 is 0 Å². The number of rotatable bonds is 2. The van der Waals surface area contributed by atoms with Crippen molar-refractivity contribution in [1.29, 1.82) is 0 Å². The standard InChI is InChI=1S/C8H6BrN3OS2/c1-4-11-12-8(15-4)10-7(13)6-5(9)2-3-14-6/h2-3H,1H3,(H,10,12,13). The van der Waals surface area contributed by atoms with Gasteiger partial charge in [0.1, 0.15) is 9.88 Å². The normalized spacial score (nSPS) is 10.3. The monoisotopic (exact) mass is 303 g/mol. The molecule has 0 fully saturated rings. The molecule has 0 unspecified atom stereocenters. The number of thiophene rings is 1. The Morgan fingerprint density at radius 2 is 2.33 bits per heavy atom. The van der Waals surface area contributed by atoms with Crippen LogP contribution in [0.25, 0.3) is 0 Å². The number of hydrogen-bond donors (Lipinski definition) is 1. The van der Waals surface area contributed by atoms with Crippen LogP contribution in [0.3, 0.4) is 0 Å². The van der Waals surface area contributed by atoms with E-state index in [1.54, 1.807) is 0 Å². The van der Waals surface area contributed by atoms with E-state index in [2.05, 4.69) is 31.4 Å². The van der Waals surface area contributed by atoms with E-state index in [0.717, 1.165) is 9.48 Å². The van der Waals surface area contributed by atoms with Crippen molar-refractivity contribution in [3.05, 3.63) is 25.8 Å². The number of halogens is 1. The van der Waals surface area contributed by atoms with Gasteiger partial charge in [0.15, 0.2) is 0 Å². The molecule has 0 aliphatic carbocycles. The molecule has 0 radical (unpaired) electrons. The molecule has 15 heavy (non-hydrogen) atoms. The Bertz CT molecular complexity index is 494. The summed E-state index contributed by atoms with van der Waals surface area (Å²) < 4.78 is 0.797. The van der Waals surface area contributed by atoms with Gasteiger partial charge in [-0.25, -0.2) is 0 Å². The molecule has 2 aromatic rings. The number of aryl methyl sites for hydroxylation is 1. The molecule has 0 aliphatic rings. The van der Waals surface area contributed by atoms with Crippen LogP contribution in [0.15, 0.2) is 15.9 Å². The van der Waals surface area contributed by atoms with Crippen molar-refractivity contribution in [3.63, 3.8) is 0 Å². The van der Waals surface area contributed by atoms with Crippen molar-refractivity contribution >= 4 is 49.6 Å². The fourth-order valence-electron chi connectivity index (χ4n) is 0.957. The molecule has 0 atom stereocenters. The van der Waals surface area contributed by atoms with E-state index < -0.39 is 0 Å². The number of anilines is 1. The topological polar surface area (TPSA) is 54.9 Å². The number of nitrogens with one attached hydrogen (secondary N) is 1. The average Bonchev–Trinajstić information content (AvgIpc) is 2.75. The molecule has 4 nitrogen and oxygen atoms in total. The first-order chi connectivity index (χ1) is 7.16. The van der Waals surface area contributed by atoms with Gasteiger partial charge in [-0.2, -0.15) is 0 Å². The summed E-state index contributed by atoms with van der Waals surface area (Å²) in [5.74, 6) is -0.159. The van der Waals surface area contributed by atoms with E-state index in [9.17, 15) is 4.79 Å². The second kappa shape index (κ2) is 4.38. The molecule has 7 heteroatoms. The molecule has 0 spiro atoms. The van der Waals surface area contributed by atoms with Gasteiger partial charge in [-0.15, -0.1) is 21.5 Å². The van der Waals surface area contributed by atoms with Crippen LogP contribution in [0.4, 0.5) is 5.13 Å². The molecule has 0 bridgehead atoms. The zero-order valence-electron chi connectivity index (χ0n) is 7.65. The van der Waals surface area contributed by atoms with Gasteiger partial charge in [-0.3, -0.25) is 10.1 Å². The first kappa shape index (κ1) is 10.7. The summed E-state index contributed by atoms with van der Waals surface area (Å²) in [6.45, 7) is 1.84. The van der Waals surface area contributed by atoms with Crippen LogP contribution in [0.2, 0.25) is 0 Å². The Labute approximate surface area is 102 Å². The van der Waals surface area contributed by atoms with Crippen molar-refractivity contribution < 1.29 is 4.79 Å². The minimum Gasteiger partial charge on any atom is -0.296 e. The van der Waals surface area contributed by atoms with E-state index in [4.69, 9.17) is 0 Å². The van der Waals surface area contributed by atoms with Crippen LogP contribution < -0.4 is 5.32 Å². The number of carbonyl (C=O) groups excluding carboxylic acids is 1. The lowest BCUT2D eigenvalue weighted by Crippen LogP contribution is -2.10. The minimum atomic E-state index is -0.159. The number of amides is 1. The van der Waals surface area contributed by atoms with Crippen molar-refractivity contribution in [2.45, 2.75) is 6.92 Å². The highest BCUT2D eigenvalue weighted by molar-refractivity contribution is 9.10. The van der Waals surface area contributed by atoms with Gasteiger partial charge in [0, 0.05) is 4.47 Å². The zero-order chi connectivity index (χ0) is 10.8. The summed E-state index contributed by atoms with van der Waals surface area (Å²) in [5, 5.41) is 13.5. The Kier molecular flexibility index (Phi) is 3.13. The highest BCUT2D eigenvalue weighted by atomic mass is 79.9. The van der Waals surface area contributed by atoms with Crippen LogP contribution in [-0.4, -0.2) is 16.1 Å². The Balaban J connectivity index is 2.14. The smallest absolute Gasteiger partial charge is 0.268 e. The number of aromatic nitrogens is 2. The van der Waals surface area contributed by atoms with Crippen LogP contribution in [0, 0.1) is 6.92 Å². The van der Waals surface area contributed by atoms with Crippen molar-refractivity contribution in [1.82, 2.24) is 10.2 Å². The minimum absolute atomic E-state index is 0.159. The molecule has 1 amide bonds. The first-order valence-electron chi connectivity index (χ1n) is 4.01. The fourth-order valence-corrected chi connectivity index (χ4v) is 2.99. The molecule has 2 heterocycles. The van der Waals surface area contributed by atoms with E-state index in [-0.39, 0.29) is 5.91 Å².